The van der Waals surface area contributed by atoms with Crippen LogP contribution in [0.25, 0.3) is 0 Å². The molecule has 1 aromatic rings. The molecule has 0 radical (unpaired) electrons. The van der Waals surface area contributed by atoms with Crippen molar-refractivity contribution in [1.82, 2.24) is 10.3 Å². The molecule has 0 spiro atoms. The predicted octanol–water partition coefficient (Wildman–Crippen LogP) is 4.32. The Hall–Kier alpha value is -0.450. The van der Waals surface area contributed by atoms with E-state index < -0.39 is 0 Å². The Labute approximate surface area is 132 Å². The zero-order chi connectivity index (χ0) is 14.9. The molecule has 2 aliphatic rings. The molecule has 3 nitrogen and oxygen atoms in total. The van der Waals surface area contributed by atoms with Crippen molar-refractivity contribution in [1.29, 1.82) is 0 Å². The van der Waals surface area contributed by atoms with Crippen LogP contribution in [0, 0.1) is 0 Å². The number of nitrogens with zero attached hydrogens (tertiary/aromatic N) is 1. The van der Waals surface area contributed by atoms with Gasteiger partial charge in [-0.15, -0.1) is 11.3 Å². The highest BCUT2D eigenvalue weighted by Gasteiger charge is 2.39. The van der Waals surface area contributed by atoms with E-state index in [0.717, 1.165) is 25.3 Å². The summed E-state index contributed by atoms with van der Waals surface area (Å²) in [5, 5.41) is 4.80. The molecule has 3 rings (SSSR count). The van der Waals surface area contributed by atoms with E-state index in [4.69, 9.17) is 9.72 Å². The molecule has 0 saturated heterocycles. The predicted molar refractivity (Wildman–Crippen MR) is 87.8 cm³/mol. The summed E-state index contributed by atoms with van der Waals surface area (Å²) in [6.07, 6.45) is 8.79. The number of rotatable bonds is 6. The Morgan fingerprint density at radius 3 is 2.57 bits per heavy atom. The third kappa shape index (κ3) is 3.33. The zero-order valence-electron chi connectivity index (χ0n) is 13.6. The minimum absolute atomic E-state index is 0.0946. The molecule has 1 N–H and O–H groups in total. The Bertz CT molecular complexity index is 473. The second-order valence-electron chi connectivity index (χ2n) is 6.90. The summed E-state index contributed by atoms with van der Waals surface area (Å²) in [4.78, 5) is 6.52. The molecule has 118 valence electrons. The molecule has 0 aromatic carbocycles. The first-order valence-electron chi connectivity index (χ1n) is 8.43. The largest absolute Gasteiger partial charge is 0.371 e. The minimum atomic E-state index is -0.0946. The van der Waals surface area contributed by atoms with Gasteiger partial charge in [0.05, 0.1) is 5.69 Å². The highest BCUT2D eigenvalue weighted by Crippen LogP contribution is 2.47. The summed E-state index contributed by atoms with van der Waals surface area (Å²) in [7, 11) is 1.87. The fourth-order valence-electron chi connectivity index (χ4n) is 3.29. The first kappa shape index (κ1) is 15.4. The average Bonchev–Trinajstić information content (AvgIpc) is 3.25. The first-order valence-corrected chi connectivity index (χ1v) is 9.25. The smallest absolute Gasteiger partial charge is 0.125 e. The van der Waals surface area contributed by atoms with Gasteiger partial charge in [-0.25, -0.2) is 4.98 Å². The lowest BCUT2D eigenvalue weighted by atomic mass is 9.85. The SMILES string of the molecule is COC1(c2nc(C3CC3)c(CNC(C)C)s2)CCCCC1. The maximum Gasteiger partial charge on any atom is 0.125 e. The maximum atomic E-state index is 5.99. The third-order valence-electron chi connectivity index (χ3n) is 4.80. The van der Waals surface area contributed by atoms with E-state index in [1.807, 2.05) is 18.4 Å². The fourth-order valence-corrected chi connectivity index (χ4v) is 4.61. The maximum absolute atomic E-state index is 5.99. The number of hydrogen-bond acceptors (Lipinski definition) is 4. The summed E-state index contributed by atoms with van der Waals surface area (Å²) in [5.74, 6) is 0.719. The molecular weight excluding hydrogens is 280 g/mol. The van der Waals surface area contributed by atoms with Crippen molar-refractivity contribution < 1.29 is 4.74 Å². The van der Waals surface area contributed by atoms with Crippen molar-refractivity contribution in [2.75, 3.05) is 7.11 Å². The van der Waals surface area contributed by atoms with Gasteiger partial charge in [-0.05, 0) is 25.7 Å². The van der Waals surface area contributed by atoms with Crippen LogP contribution in [0.2, 0.25) is 0 Å². The molecule has 4 heteroatoms. The van der Waals surface area contributed by atoms with Crippen LogP contribution in [0.15, 0.2) is 0 Å². The fraction of sp³-hybridized carbons (Fsp3) is 0.824. The van der Waals surface area contributed by atoms with E-state index in [0.29, 0.717) is 6.04 Å². The molecule has 0 aliphatic heterocycles. The van der Waals surface area contributed by atoms with Crippen molar-refractivity contribution in [3.63, 3.8) is 0 Å². The highest BCUT2D eigenvalue weighted by molar-refractivity contribution is 7.11. The van der Waals surface area contributed by atoms with Crippen molar-refractivity contribution in [3.05, 3.63) is 15.6 Å². The summed E-state index contributed by atoms with van der Waals surface area (Å²) in [6.45, 7) is 5.37. The lowest BCUT2D eigenvalue weighted by molar-refractivity contribution is -0.0447. The van der Waals surface area contributed by atoms with Gasteiger partial charge in [0.1, 0.15) is 10.6 Å². The molecule has 0 unspecified atom stereocenters. The van der Waals surface area contributed by atoms with Gasteiger partial charge in [0.25, 0.3) is 0 Å². The number of ether oxygens (including phenoxy) is 1. The van der Waals surface area contributed by atoms with Crippen molar-refractivity contribution in [2.24, 2.45) is 0 Å². The molecular formula is C17H28N2OS. The van der Waals surface area contributed by atoms with Crippen LogP contribution < -0.4 is 5.32 Å². The number of thiazole rings is 1. The molecule has 1 heterocycles. The highest BCUT2D eigenvalue weighted by atomic mass is 32.1. The summed E-state index contributed by atoms with van der Waals surface area (Å²) < 4.78 is 5.99. The van der Waals surface area contributed by atoms with E-state index in [2.05, 4.69) is 19.2 Å². The van der Waals surface area contributed by atoms with E-state index in [9.17, 15) is 0 Å². The summed E-state index contributed by atoms with van der Waals surface area (Å²) in [5.41, 5.74) is 1.27. The van der Waals surface area contributed by atoms with Gasteiger partial charge in [0, 0.05) is 30.5 Å². The molecule has 0 atom stereocenters. The van der Waals surface area contributed by atoms with Crippen LogP contribution in [-0.2, 0) is 16.9 Å². The molecule has 0 amide bonds. The van der Waals surface area contributed by atoms with Gasteiger partial charge in [-0.3, -0.25) is 0 Å². The van der Waals surface area contributed by atoms with Crippen molar-refractivity contribution >= 4 is 11.3 Å². The molecule has 2 fully saturated rings. The standard InChI is InChI=1S/C17H28N2OS/c1-12(2)18-11-14-15(13-7-8-13)19-16(21-14)17(20-3)9-5-4-6-10-17/h12-13,18H,4-11H2,1-3H3. The van der Waals surface area contributed by atoms with E-state index in [1.165, 1.54) is 47.7 Å². The summed E-state index contributed by atoms with van der Waals surface area (Å²) >= 11 is 1.90. The van der Waals surface area contributed by atoms with Gasteiger partial charge in [-0.2, -0.15) is 0 Å². The number of nitrogens with one attached hydrogen (secondary N) is 1. The van der Waals surface area contributed by atoms with E-state index in [-0.39, 0.29) is 5.60 Å². The molecule has 2 aliphatic carbocycles. The topological polar surface area (TPSA) is 34.1 Å². The second-order valence-corrected chi connectivity index (χ2v) is 7.98. The normalized spacial score (nSPS) is 21.9. The van der Waals surface area contributed by atoms with Gasteiger partial charge in [0.2, 0.25) is 0 Å². The monoisotopic (exact) mass is 308 g/mol. The average molecular weight is 308 g/mol. The third-order valence-corrected chi connectivity index (χ3v) is 6.06. The van der Waals surface area contributed by atoms with Gasteiger partial charge in [0.15, 0.2) is 0 Å². The van der Waals surface area contributed by atoms with E-state index >= 15 is 0 Å². The van der Waals surface area contributed by atoms with Crippen LogP contribution in [0.5, 0.6) is 0 Å². The Kier molecular flexibility index (Phi) is 4.67. The molecule has 2 saturated carbocycles. The lowest BCUT2D eigenvalue weighted by Crippen LogP contribution is -2.31. The number of hydrogen-bond donors (Lipinski definition) is 1. The minimum Gasteiger partial charge on any atom is -0.371 e. The van der Waals surface area contributed by atoms with Gasteiger partial charge in [-0.1, -0.05) is 33.1 Å². The Balaban J connectivity index is 1.86. The number of methoxy groups -OCH3 is 1. The lowest BCUT2D eigenvalue weighted by Gasteiger charge is -2.34. The second kappa shape index (κ2) is 6.35. The Morgan fingerprint density at radius 2 is 2.00 bits per heavy atom. The molecule has 1 aromatic heterocycles. The van der Waals surface area contributed by atoms with Crippen LogP contribution >= 0.6 is 11.3 Å². The summed E-state index contributed by atoms with van der Waals surface area (Å²) in [6, 6.07) is 0.522. The molecule has 21 heavy (non-hydrogen) atoms. The van der Waals surface area contributed by atoms with Crippen LogP contribution in [-0.4, -0.2) is 18.1 Å². The first-order chi connectivity index (χ1) is 10.1. The van der Waals surface area contributed by atoms with Crippen LogP contribution in [0.3, 0.4) is 0 Å². The Morgan fingerprint density at radius 1 is 1.29 bits per heavy atom. The quantitative estimate of drug-likeness (QED) is 0.849. The van der Waals surface area contributed by atoms with Gasteiger partial charge >= 0.3 is 0 Å². The van der Waals surface area contributed by atoms with E-state index in [1.54, 1.807) is 0 Å². The van der Waals surface area contributed by atoms with Crippen molar-refractivity contribution in [3.8, 4) is 0 Å². The van der Waals surface area contributed by atoms with Gasteiger partial charge < -0.3 is 10.1 Å². The zero-order valence-corrected chi connectivity index (χ0v) is 14.4. The number of aromatic nitrogens is 1. The van der Waals surface area contributed by atoms with Crippen molar-refractivity contribution in [2.45, 2.75) is 82.9 Å². The molecule has 0 bridgehead atoms. The van der Waals surface area contributed by atoms with Crippen LogP contribution in [0.1, 0.15) is 80.3 Å². The van der Waals surface area contributed by atoms with Crippen LogP contribution in [0.4, 0.5) is 0 Å².